The van der Waals surface area contributed by atoms with E-state index in [1.807, 2.05) is 72.8 Å². The predicted molar refractivity (Wildman–Crippen MR) is 95.1 cm³/mol. The number of ether oxygens (including phenoxy) is 1. The minimum absolute atomic E-state index is 0.492. The zero-order chi connectivity index (χ0) is 15.9. The van der Waals surface area contributed by atoms with E-state index in [1.165, 1.54) is 0 Å². The van der Waals surface area contributed by atoms with Crippen LogP contribution in [0.1, 0.15) is 5.56 Å². The Bertz CT molecular complexity index is 771. The summed E-state index contributed by atoms with van der Waals surface area (Å²) in [7, 11) is 0. The van der Waals surface area contributed by atoms with E-state index >= 15 is 0 Å². The van der Waals surface area contributed by atoms with Crippen molar-refractivity contribution in [1.29, 1.82) is 0 Å². The molecule has 114 valence electrons. The lowest BCUT2D eigenvalue weighted by Crippen LogP contribution is -2.12. The van der Waals surface area contributed by atoms with Gasteiger partial charge >= 0.3 is 0 Å². The summed E-state index contributed by atoms with van der Waals surface area (Å²) in [6, 6.07) is 26.6. The average Bonchev–Trinajstić information content (AvgIpc) is 2.61. The van der Waals surface area contributed by atoms with Gasteiger partial charge in [0.25, 0.3) is 0 Å². The van der Waals surface area contributed by atoms with Crippen molar-refractivity contribution in [2.75, 3.05) is 5.43 Å². The van der Waals surface area contributed by atoms with Crippen LogP contribution in [0.25, 0.3) is 0 Å². The molecule has 1 N–H and O–H groups in total. The molecule has 0 radical (unpaired) electrons. The van der Waals surface area contributed by atoms with Gasteiger partial charge in [-0.3, -0.25) is 5.43 Å². The summed E-state index contributed by atoms with van der Waals surface area (Å²) in [4.78, 5) is 0. The second kappa shape index (κ2) is 7.47. The van der Waals surface area contributed by atoms with E-state index in [9.17, 15) is 0 Å². The molecule has 4 heteroatoms. The molecular weight excluding hydrogens is 308 g/mol. The first-order valence-corrected chi connectivity index (χ1v) is 7.57. The lowest BCUT2D eigenvalue weighted by Gasteiger charge is -2.10. The average molecular weight is 323 g/mol. The molecule has 0 heterocycles. The molecular formula is C19H15ClN2O. The fourth-order valence-corrected chi connectivity index (χ4v) is 2.09. The summed E-state index contributed by atoms with van der Waals surface area (Å²) in [5.74, 6) is 1.22. The summed E-state index contributed by atoms with van der Waals surface area (Å²) in [5, 5.41) is 5.07. The molecule has 3 aromatic carbocycles. The van der Waals surface area contributed by atoms with E-state index in [0.29, 0.717) is 10.9 Å². The number of hydrazone groups is 1. The number of nitrogens with zero attached hydrogens (tertiary/aromatic N) is 1. The lowest BCUT2D eigenvalue weighted by molar-refractivity contribution is 0.551. The van der Waals surface area contributed by atoms with Gasteiger partial charge in [-0.2, -0.15) is 0 Å². The quantitative estimate of drug-likeness (QED) is 0.407. The predicted octanol–water partition coefficient (Wildman–Crippen LogP) is 5.19. The highest BCUT2D eigenvalue weighted by atomic mass is 35.5. The van der Waals surface area contributed by atoms with Crippen molar-refractivity contribution in [3.05, 3.63) is 95.5 Å². The fraction of sp³-hybridized carbons (Fsp3) is 0. The highest BCUT2D eigenvalue weighted by Crippen LogP contribution is 2.15. The maximum absolute atomic E-state index is 5.91. The van der Waals surface area contributed by atoms with Crippen LogP contribution in [0.2, 0.25) is 5.02 Å². The molecule has 0 unspecified atom stereocenters. The summed E-state index contributed by atoms with van der Waals surface area (Å²) in [6.07, 6.45) is 0. The van der Waals surface area contributed by atoms with Crippen LogP contribution < -0.4 is 10.2 Å². The van der Waals surface area contributed by atoms with Crippen molar-refractivity contribution in [3.63, 3.8) is 0 Å². The Morgan fingerprint density at radius 2 is 1.39 bits per heavy atom. The highest BCUT2D eigenvalue weighted by Gasteiger charge is 2.06. The van der Waals surface area contributed by atoms with Crippen molar-refractivity contribution >= 4 is 23.2 Å². The van der Waals surface area contributed by atoms with Gasteiger partial charge in [0.15, 0.2) is 0 Å². The van der Waals surface area contributed by atoms with Gasteiger partial charge in [0, 0.05) is 10.6 Å². The second-order valence-electron chi connectivity index (χ2n) is 4.82. The van der Waals surface area contributed by atoms with Crippen LogP contribution in [0, 0.1) is 0 Å². The van der Waals surface area contributed by atoms with Gasteiger partial charge in [0.05, 0.1) is 5.69 Å². The highest BCUT2D eigenvalue weighted by molar-refractivity contribution is 6.30. The Morgan fingerprint density at radius 1 is 0.783 bits per heavy atom. The van der Waals surface area contributed by atoms with Crippen molar-refractivity contribution in [2.45, 2.75) is 0 Å². The molecule has 0 amide bonds. The van der Waals surface area contributed by atoms with E-state index in [4.69, 9.17) is 16.3 Å². The summed E-state index contributed by atoms with van der Waals surface area (Å²) < 4.78 is 5.91. The van der Waals surface area contributed by atoms with Crippen molar-refractivity contribution in [2.24, 2.45) is 5.10 Å². The van der Waals surface area contributed by atoms with E-state index in [2.05, 4.69) is 10.5 Å². The number of para-hydroxylation sites is 1. The smallest absolute Gasteiger partial charge is 0.243 e. The minimum atomic E-state index is 0.492. The van der Waals surface area contributed by atoms with Gasteiger partial charge in [-0.1, -0.05) is 48.0 Å². The third-order valence-electron chi connectivity index (χ3n) is 3.11. The van der Waals surface area contributed by atoms with Gasteiger partial charge < -0.3 is 4.74 Å². The van der Waals surface area contributed by atoms with Gasteiger partial charge in [0.1, 0.15) is 5.75 Å². The molecule has 3 rings (SSSR count). The monoisotopic (exact) mass is 322 g/mol. The van der Waals surface area contributed by atoms with Crippen LogP contribution in [-0.4, -0.2) is 5.90 Å². The first-order valence-electron chi connectivity index (χ1n) is 7.19. The second-order valence-corrected chi connectivity index (χ2v) is 5.25. The minimum Gasteiger partial charge on any atom is -0.437 e. The van der Waals surface area contributed by atoms with E-state index in [1.54, 1.807) is 12.1 Å². The number of hydrogen-bond donors (Lipinski definition) is 1. The van der Waals surface area contributed by atoms with Crippen LogP contribution >= 0.6 is 11.6 Å². The van der Waals surface area contributed by atoms with Crippen LogP contribution in [0.15, 0.2) is 90.0 Å². The molecule has 0 fully saturated rings. The Balaban J connectivity index is 1.85. The van der Waals surface area contributed by atoms with E-state index in [-0.39, 0.29) is 0 Å². The van der Waals surface area contributed by atoms with Crippen molar-refractivity contribution in [3.8, 4) is 5.75 Å². The molecule has 0 bridgehead atoms. The summed E-state index contributed by atoms with van der Waals surface area (Å²) in [5.41, 5.74) is 4.71. The molecule has 0 aromatic heterocycles. The number of nitrogens with one attached hydrogen (secondary N) is 1. The van der Waals surface area contributed by atoms with Gasteiger partial charge in [-0.15, -0.1) is 5.10 Å². The van der Waals surface area contributed by atoms with Crippen LogP contribution in [-0.2, 0) is 0 Å². The maximum atomic E-state index is 5.91. The zero-order valence-electron chi connectivity index (χ0n) is 12.3. The third kappa shape index (κ3) is 4.34. The SMILES string of the molecule is Clc1ccc(N/N=C(\Oc2ccccc2)c2ccccc2)cc1. The first kappa shape index (κ1) is 15.1. The van der Waals surface area contributed by atoms with E-state index in [0.717, 1.165) is 17.0 Å². The van der Waals surface area contributed by atoms with Crippen LogP contribution in [0.3, 0.4) is 0 Å². The Kier molecular flexibility index (Phi) is 4.92. The molecule has 0 spiro atoms. The summed E-state index contributed by atoms with van der Waals surface area (Å²) >= 11 is 5.89. The van der Waals surface area contributed by atoms with Crippen LogP contribution in [0.4, 0.5) is 5.69 Å². The van der Waals surface area contributed by atoms with Crippen molar-refractivity contribution in [1.82, 2.24) is 0 Å². The Hall–Kier alpha value is -2.78. The molecule has 0 aliphatic rings. The van der Waals surface area contributed by atoms with Crippen LogP contribution in [0.5, 0.6) is 5.75 Å². The maximum Gasteiger partial charge on any atom is 0.243 e. The molecule has 3 nitrogen and oxygen atoms in total. The van der Waals surface area contributed by atoms with Gasteiger partial charge in [0.2, 0.25) is 5.90 Å². The molecule has 23 heavy (non-hydrogen) atoms. The number of hydrogen-bond acceptors (Lipinski definition) is 3. The molecule has 3 aromatic rings. The molecule has 0 atom stereocenters. The molecule has 0 saturated heterocycles. The Labute approximate surface area is 140 Å². The standard InChI is InChI=1S/C19H15ClN2O/c20-16-11-13-17(14-12-16)21-22-19(15-7-3-1-4-8-15)23-18-9-5-2-6-10-18/h1-14,21H/b22-19-. The number of halogens is 1. The van der Waals surface area contributed by atoms with Gasteiger partial charge in [-0.05, 0) is 48.5 Å². The summed E-state index contributed by atoms with van der Waals surface area (Å²) in [6.45, 7) is 0. The molecule has 0 saturated carbocycles. The third-order valence-corrected chi connectivity index (χ3v) is 3.36. The largest absolute Gasteiger partial charge is 0.437 e. The normalized spacial score (nSPS) is 11.1. The Morgan fingerprint density at radius 3 is 2.04 bits per heavy atom. The van der Waals surface area contributed by atoms with Crippen molar-refractivity contribution < 1.29 is 4.74 Å². The molecule has 0 aliphatic carbocycles. The number of rotatable bonds is 4. The van der Waals surface area contributed by atoms with E-state index < -0.39 is 0 Å². The molecule has 0 aliphatic heterocycles. The number of anilines is 1. The van der Waals surface area contributed by atoms with Gasteiger partial charge in [-0.25, -0.2) is 0 Å². The fourth-order valence-electron chi connectivity index (χ4n) is 1.97. The lowest BCUT2D eigenvalue weighted by atomic mass is 10.2. The zero-order valence-corrected chi connectivity index (χ0v) is 13.1. The first-order chi connectivity index (χ1) is 11.3. The number of benzene rings is 3. The topological polar surface area (TPSA) is 33.6 Å².